The number of phenols is 1. The van der Waals surface area contributed by atoms with Gasteiger partial charge in [-0.15, -0.1) is 0 Å². The van der Waals surface area contributed by atoms with Gasteiger partial charge in [-0.2, -0.15) is 0 Å². The normalized spacial score (nSPS) is 10.2. The fourth-order valence-corrected chi connectivity index (χ4v) is 2.97. The smallest absolute Gasteiger partial charge is 0.339 e. The number of anilines is 1. The van der Waals surface area contributed by atoms with Crippen LogP contribution in [0.4, 0.5) is 5.69 Å². The minimum atomic E-state index is -1.23. The maximum Gasteiger partial charge on any atom is 0.339 e. The average molecular weight is 415 g/mol. The minimum Gasteiger partial charge on any atom is -0.507 e. The molecule has 5 nitrogen and oxygen atoms in total. The van der Waals surface area contributed by atoms with Gasteiger partial charge in [-0.05, 0) is 30.3 Å². The summed E-state index contributed by atoms with van der Waals surface area (Å²) in [4.78, 5) is 22.9. The quantitative estimate of drug-likeness (QED) is 0.711. The third kappa shape index (κ3) is 3.83. The Hall–Kier alpha value is -1.86. The lowest BCUT2D eigenvalue weighted by Gasteiger charge is -2.08. The summed E-state index contributed by atoms with van der Waals surface area (Å²) in [6.07, 6.45) is 0. The van der Waals surface area contributed by atoms with Crippen LogP contribution in [-0.4, -0.2) is 22.1 Å². The summed E-state index contributed by atoms with van der Waals surface area (Å²) in [6.45, 7) is 0. The van der Waals surface area contributed by atoms with Crippen molar-refractivity contribution in [2.45, 2.75) is 0 Å². The number of hydrogen-bond donors (Lipinski definition) is 3. The number of carbonyl (C=O) groups is 2. The topological polar surface area (TPSA) is 86.6 Å². The van der Waals surface area contributed by atoms with Crippen LogP contribution in [0.2, 0.25) is 0 Å². The molecule has 2 rings (SSSR count). The number of aromatic carboxylic acids is 1. The van der Waals surface area contributed by atoms with E-state index in [0.717, 1.165) is 8.95 Å². The number of carbonyl (C=O) groups excluding carboxylic acids is 1. The second-order valence-corrected chi connectivity index (χ2v) is 5.98. The fraction of sp³-hybridized carbons (Fsp3) is 0. The van der Waals surface area contributed by atoms with E-state index in [1.165, 1.54) is 18.2 Å². The van der Waals surface area contributed by atoms with Crippen molar-refractivity contribution in [2.24, 2.45) is 0 Å². The Bertz CT molecular complexity index is 711. The molecule has 0 aromatic heterocycles. The SMILES string of the molecule is O=C(Nc1ccc(C(=O)O)c(O)c1)c1cc(Br)cc(Br)c1. The van der Waals surface area contributed by atoms with Crippen LogP contribution in [-0.2, 0) is 0 Å². The first kappa shape index (κ1) is 15.5. The molecule has 0 atom stereocenters. The van der Waals surface area contributed by atoms with Gasteiger partial charge in [0.25, 0.3) is 5.91 Å². The van der Waals surface area contributed by atoms with Gasteiger partial charge < -0.3 is 15.5 Å². The Morgan fingerprint density at radius 3 is 2.14 bits per heavy atom. The summed E-state index contributed by atoms with van der Waals surface area (Å²) in [5.41, 5.74) is 0.495. The fourth-order valence-electron chi connectivity index (χ4n) is 1.68. The molecule has 0 saturated heterocycles. The van der Waals surface area contributed by atoms with Crippen LogP contribution in [0.3, 0.4) is 0 Å². The highest BCUT2D eigenvalue weighted by molar-refractivity contribution is 9.11. The Labute approximate surface area is 136 Å². The monoisotopic (exact) mass is 413 g/mol. The van der Waals surface area contributed by atoms with Gasteiger partial charge in [0.1, 0.15) is 11.3 Å². The average Bonchev–Trinajstić information content (AvgIpc) is 2.37. The largest absolute Gasteiger partial charge is 0.507 e. The van der Waals surface area contributed by atoms with E-state index >= 15 is 0 Å². The first-order chi connectivity index (χ1) is 9.86. The summed E-state index contributed by atoms with van der Waals surface area (Å²) < 4.78 is 1.48. The highest BCUT2D eigenvalue weighted by Crippen LogP contribution is 2.24. The van der Waals surface area contributed by atoms with E-state index < -0.39 is 11.7 Å². The second-order valence-electron chi connectivity index (χ2n) is 4.15. The van der Waals surface area contributed by atoms with Crippen molar-refractivity contribution in [3.05, 3.63) is 56.5 Å². The first-order valence-electron chi connectivity index (χ1n) is 5.70. The number of halogens is 2. The maximum absolute atomic E-state index is 12.1. The van der Waals surface area contributed by atoms with E-state index in [1.54, 1.807) is 18.2 Å². The molecule has 0 radical (unpaired) electrons. The van der Waals surface area contributed by atoms with Gasteiger partial charge in [0.2, 0.25) is 0 Å². The molecule has 2 aromatic carbocycles. The predicted octanol–water partition coefficient (Wildman–Crippen LogP) is 3.87. The molecule has 2 aromatic rings. The molecule has 0 unspecified atom stereocenters. The van der Waals surface area contributed by atoms with E-state index in [-0.39, 0.29) is 11.5 Å². The number of amides is 1. The van der Waals surface area contributed by atoms with Crippen LogP contribution in [0.1, 0.15) is 20.7 Å². The van der Waals surface area contributed by atoms with Crippen LogP contribution in [0.15, 0.2) is 45.3 Å². The molecule has 108 valence electrons. The third-order valence-electron chi connectivity index (χ3n) is 2.61. The van der Waals surface area contributed by atoms with Gasteiger partial charge in [0, 0.05) is 26.3 Å². The molecule has 0 spiro atoms. The number of carboxylic acids is 1. The van der Waals surface area contributed by atoms with Crippen molar-refractivity contribution in [3.63, 3.8) is 0 Å². The minimum absolute atomic E-state index is 0.224. The maximum atomic E-state index is 12.1. The molecule has 1 amide bonds. The van der Waals surface area contributed by atoms with Crippen LogP contribution in [0.5, 0.6) is 5.75 Å². The van der Waals surface area contributed by atoms with E-state index in [1.807, 2.05) is 0 Å². The first-order valence-corrected chi connectivity index (χ1v) is 7.29. The van der Waals surface area contributed by atoms with E-state index in [2.05, 4.69) is 37.2 Å². The lowest BCUT2D eigenvalue weighted by molar-refractivity contribution is 0.0693. The molecule has 21 heavy (non-hydrogen) atoms. The van der Waals surface area contributed by atoms with Crippen LogP contribution >= 0.6 is 31.9 Å². The number of rotatable bonds is 3. The molecule has 0 saturated carbocycles. The van der Waals surface area contributed by atoms with E-state index in [9.17, 15) is 14.7 Å². The second kappa shape index (κ2) is 6.28. The zero-order valence-electron chi connectivity index (χ0n) is 10.4. The van der Waals surface area contributed by atoms with Gasteiger partial charge in [0.15, 0.2) is 0 Å². The van der Waals surface area contributed by atoms with Crippen molar-refractivity contribution in [1.29, 1.82) is 0 Å². The lowest BCUT2D eigenvalue weighted by Crippen LogP contribution is -2.12. The van der Waals surface area contributed by atoms with Crippen molar-refractivity contribution < 1.29 is 19.8 Å². The summed E-state index contributed by atoms with van der Waals surface area (Å²) in [7, 11) is 0. The number of nitrogens with one attached hydrogen (secondary N) is 1. The zero-order valence-corrected chi connectivity index (χ0v) is 13.6. The standard InChI is InChI=1S/C14H9Br2NO4/c15-8-3-7(4-9(16)5-8)13(19)17-10-1-2-11(14(20)21)12(18)6-10/h1-6,18H,(H,17,19)(H,20,21). The number of hydrogen-bond acceptors (Lipinski definition) is 3. The summed E-state index contributed by atoms with van der Waals surface area (Å²) >= 11 is 6.58. The van der Waals surface area contributed by atoms with Gasteiger partial charge >= 0.3 is 5.97 Å². The molecule has 0 aliphatic rings. The molecule has 0 aliphatic heterocycles. The van der Waals surface area contributed by atoms with Crippen LogP contribution < -0.4 is 5.32 Å². The van der Waals surface area contributed by atoms with Gasteiger partial charge in [0.05, 0.1) is 0 Å². The molecule has 0 bridgehead atoms. The zero-order chi connectivity index (χ0) is 15.6. The molecule has 7 heteroatoms. The molecule has 0 fully saturated rings. The van der Waals surface area contributed by atoms with Crippen LogP contribution in [0.25, 0.3) is 0 Å². The highest BCUT2D eigenvalue weighted by Gasteiger charge is 2.12. The highest BCUT2D eigenvalue weighted by atomic mass is 79.9. The van der Waals surface area contributed by atoms with Crippen molar-refractivity contribution in [3.8, 4) is 5.75 Å². The number of benzene rings is 2. The van der Waals surface area contributed by atoms with Gasteiger partial charge in [-0.25, -0.2) is 4.79 Å². The predicted molar refractivity (Wildman–Crippen MR) is 84.9 cm³/mol. The molecular formula is C14H9Br2NO4. The van der Waals surface area contributed by atoms with Crippen LogP contribution in [0, 0.1) is 0 Å². The molecule has 3 N–H and O–H groups in total. The molecule has 0 aliphatic carbocycles. The lowest BCUT2D eigenvalue weighted by atomic mass is 10.1. The summed E-state index contributed by atoms with van der Waals surface area (Å²) in [5.74, 6) is -2.02. The number of carboxylic acid groups (broad SMARTS) is 1. The molecular weight excluding hydrogens is 406 g/mol. The Morgan fingerprint density at radius 2 is 1.62 bits per heavy atom. The van der Waals surface area contributed by atoms with E-state index in [4.69, 9.17) is 5.11 Å². The summed E-state index contributed by atoms with van der Waals surface area (Å²) in [5, 5.41) is 21.0. The Kier molecular flexibility index (Phi) is 4.64. The Balaban J connectivity index is 2.23. The van der Waals surface area contributed by atoms with Gasteiger partial charge in [-0.1, -0.05) is 31.9 Å². The van der Waals surface area contributed by atoms with E-state index in [0.29, 0.717) is 11.3 Å². The van der Waals surface area contributed by atoms with Gasteiger partial charge in [-0.3, -0.25) is 4.79 Å². The van der Waals surface area contributed by atoms with Crippen molar-refractivity contribution in [1.82, 2.24) is 0 Å². The van der Waals surface area contributed by atoms with Crippen molar-refractivity contribution >= 4 is 49.4 Å². The third-order valence-corrected chi connectivity index (χ3v) is 3.53. The van der Waals surface area contributed by atoms with Crippen molar-refractivity contribution in [2.75, 3.05) is 5.32 Å². The Morgan fingerprint density at radius 1 is 1.00 bits per heavy atom. The number of aromatic hydroxyl groups is 1. The summed E-state index contributed by atoms with van der Waals surface area (Å²) in [6, 6.07) is 8.91. The molecule has 0 heterocycles.